The van der Waals surface area contributed by atoms with Crippen LogP contribution in [0.1, 0.15) is 10.4 Å². The van der Waals surface area contributed by atoms with E-state index in [0.29, 0.717) is 44.9 Å². The first-order chi connectivity index (χ1) is 19.1. The van der Waals surface area contributed by atoms with Crippen molar-refractivity contribution in [1.82, 2.24) is 0 Å². The number of esters is 1. The number of fused-ring (bicyclic) bond motifs is 2. The van der Waals surface area contributed by atoms with Crippen LogP contribution >= 0.6 is 0 Å². The highest BCUT2D eigenvalue weighted by atomic mass is 16.5. The molecule has 2 heterocycles. The SMILES string of the molecule is COc1ccccc1C(=O)Oc1cc2c(-c3cc4cccc(OC)c4o3)cc(=O)oc2cc1-c1ccccc1. The van der Waals surface area contributed by atoms with Gasteiger partial charge >= 0.3 is 11.6 Å². The quantitative estimate of drug-likeness (QED) is 0.132. The normalized spacial score (nSPS) is 11.0. The summed E-state index contributed by atoms with van der Waals surface area (Å²) in [6.45, 7) is 0. The molecule has 2 aromatic heterocycles. The van der Waals surface area contributed by atoms with E-state index in [1.807, 2.05) is 48.5 Å². The van der Waals surface area contributed by atoms with Crippen LogP contribution in [0.3, 0.4) is 0 Å². The highest BCUT2D eigenvalue weighted by Gasteiger charge is 2.21. The predicted octanol–water partition coefficient (Wildman–Crippen LogP) is 7.11. The van der Waals surface area contributed by atoms with Gasteiger partial charge in [-0.05, 0) is 42.0 Å². The van der Waals surface area contributed by atoms with Crippen LogP contribution in [0, 0.1) is 0 Å². The summed E-state index contributed by atoms with van der Waals surface area (Å²) in [7, 11) is 3.06. The first-order valence-corrected chi connectivity index (χ1v) is 12.1. The van der Waals surface area contributed by atoms with Crippen molar-refractivity contribution in [2.75, 3.05) is 14.2 Å². The van der Waals surface area contributed by atoms with Crippen LogP contribution in [-0.2, 0) is 0 Å². The third kappa shape index (κ3) is 4.40. The number of furan rings is 1. The fraction of sp³-hybridized carbons (Fsp3) is 0.0625. The van der Waals surface area contributed by atoms with Gasteiger partial charge in [-0.3, -0.25) is 0 Å². The summed E-state index contributed by atoms with van der Waals surface area (Å²) in [5.41, 5.74) is 2.47. The third-order valence-electron chi connectivity index (χ3n) is 6.45. The maximum atomic E-state index is 13.3. The summed E-state index contributed by atoms with van der Waals surface area (Å²) in [5.74, 6) is 1.11. The Labute approximate surface area is 222 Å². The molecule has 0 saturated heterocycles. The molecule has 0 unspecified atom stereocenters. The fourth-order valence-electron chi connectivity index (χ4n) is 4.62. The van der Waals surface area contributed by atoms with Gasteiger partial charge in [-0.15, -0.1) is 0 Å². The number of ether oxygens (including phenoxy) is 3. The van der Waals surface area contributed by atoms with E-state index in [0.717, 1.165) is 10.9 Å². The highest BCUT2D eigenvalue weighted by molar-refractivity contribution is 6.00. The molecule has 0 atom stereocenters. The second kappa shape index (κ2) is 9.87. The summed E-state index contributed by atoms with van der Waals surface area (Å²) < 4.78 is 28.5. The molecular weight excluding hydrogens is 496 g/mol. The molecule has 0 aliphatic carbocycles. The molecule has 7 nitrogen and oxygen atoms in total. The number of carbonyl (C=O) groups excluding carboxylic acids is 1. The van der Waals surface area contributed by atoms with Crippen LogP contribution in [0.5, 0.6) is 17.2 Å². The summed E-state index contributed by atoms with van der Waals surface area (Å²) in [4.78, 5) is 26.0. The molecule has 0 amide bonds. The first kappa shape index (κ1) is 24.1. The molecule has 6 rings (SSSR count). The average molecular weight is 519 g/mol. The van der Waals surface area contributed by atoms with Gasteiger partial charge in [0.2, 0.25) is 0 Å². The van der Waals surface area contributed by atoms with Crippen molar-refractivity contribution in [2.45, 2.75) is 0 Å². The van der Waals surface area contributed by atoms with Crippen LogP contribution in [0.4, 0.5) is 0 Å². The van der Waals surface area contributed by atoms with Gasteiger partial charge < -0.3 is 23.0 Å². The molecule has 0 fully saturated rings. The number of hydrogen-bond donors (Lipinski definition) is 0. The molecule has 0 saturated carbocycles. The molecule has 0 aliphatic heterocycles. The largest absolute Gasteiger partial charge is 0.496 e. The molecule has 6 aromatic rings. The Hall–Kier alpha value is -5.30. The minimum absolute atomic E-state index is 0.281. The number of rotatable bonds is 6. The standard InChI is InChI=1S/C32H22O7/c1-35-25-13-7-6-12-21(25)32(34)39-28-17-23-24(27-15-20-11-8-14-26(36-2)31(20)38-27)18-30(33)37-29(23)16-22(28)19-9-4-3-5-10-19/h3-18H,1-2H3. The van der Waals surface area contributed by atoms with E-state index in [2.05, 4.69) is 0 Å². The number of methoxy groups -OCH3 is 2. The zero-order valence-electron chi connectivity index (χ0n) is 21.1. The summed E-state index contributed by atoms with van der Waals surface area (Å²) in [5, 5.41) is 1.35. The highest BCUT2D eigenvalue weighted by Crippen LogP contribution is 2.40. The van der Waals surface area contributed by atoms with Gasteiger partial charge in [0.05, 0.1) is 14.2 Å². The zero-order valence-corrected chi connectivity index (χ0v) is 21.1. The Balaban J connectivity index is 1.57. The summed E-state index contributed by atoms with van der Waals surface area (Å²) >= 11 is 0. The predicted molar refractivity (Wildman–Crippen MR) is 148 cm³/mol. The molecule has 0 spiro atoms. The van der Waals surface area contributed by atoms with Crippen molar-refractivity contribution < 1.29 is 27.8 Å². The molecule has 0 radical (unpaired) electrons. The number of benzene rings is 4. The van der Waals surface area contributed by atoms with Crippen LogP contribution in [0.2, 0.25) is 0 Å². The van der Waals surface area contributed by atoms with Crippen LogP contribution in [-0.4, -0.2) is 20.2 Å². The molecule has 0 N–H and O–H groups in total. The minimum Gasteiger partial charge on any atom is -0.496 e. The molecule has 0 aliphatic rings. The van der Waals surface area contributed by atoms with E-state index in [4.69, 9.17) is 23.0 Å². The lowest BCUT2D eigenvalue weighted by Crippen LogP contribution is -2.11. The second-order valence-electron chi connectivity index (χ2n) is 8.77. The van der Waals surface area contributed by atoms with E-state index in [1.54, 1.807) is 49.6 Å². The van der Waals surface area contributed by atoms with Crippen molar-refractivity contribution in [3.8, 4) is 39.7 Å². The Bertz CT molecular complexity index is 1900. The summed E-state index contributed by atoms with van der Waals surface area (Å²) in [6, 6.07) is 28.4. The van der Waals surface area contributed by atoms with Gasteiger partial charge in [0.1, 0.15) is 28.4 Å². The molecule has 4 aromatic carbocycles. The molecule has 192 valence electrons. The Kier molecular flexibility index (Phi) is 6.09. The Morgan fingerprint density at radius 1 is 0.692 bits per heavy atom. The number of hydrogen-bond acceptors (Lipinski definition) is 7. The molecule has 39 heavy (non-hydrogen) atoms. The lowest BCUT2D eigenvalue weighted by atomic mass is 10.00. The van der Waals surface area contributed by atoms with Crippen LogP contribution < -0.4 is 19.8 Å². The molecular formula is C32H22O7. The Morgan fingerprint density at radius 3 is 2.23 bits per heavy atom. The van der Waals surface area contributed by atoms with Gasteiger partial charge in [-0.1, -0.05) is 54.6 Å². The second-order valence-corrected chi connectivity index (χ2v) is 8.77. The van der Waals surface area contributed by atoms with Crippen molar-refractivity contribution in [3.05, 3.63) is 113 Å². The maximum Gasteiger partial charge on any atom is 0.347 e. The van der Waals surface area contributed by atoms with Gasteiger partial charge in [-0.2, -0.15) is 0 Å². The smallest absolute Gasteiger partial charge is 0.347 e. The molecule has 0 bridgehead atoms. The van der Waals surface area contributed by atoms with Gasteiger partial charge in [-0.25, -0.2) is 9.59 Å². The van der Waals surface area contributed by atoms with Crippen molar-refractivity contribution in [2.24, 2.45) is 0 Å². The topological polar surface area (TPSA) is 88.1 Å². The maximum absolute atomic E-state index is 13.3. The van der Waals surface area contributed by atoms with Crippen molar-refractivity contribution in [3.63, 3.8) is 0 Å². The van der Waals surface area contributed by atoms with E-state index in [-0.39, 0.29) is 11.3 Å². The van der Waals surface area contributed by atoms with Crippen LogP contribution in [0.25, 0.3) is 44.4 Å². The van der Waals surface area contributed by atoms with Crippen LogP contribution in [0.15, 0.2) is 111 Å². The summed E-state index contributed by atoms with van der Waals surface area (Å²) in [6.07, 6.45) is 0. The van der Waals surface area contributed by atoms with E-state index < -0.39 is 11.6 Å². The third-order valence-corrected chi connectivity index (χ3v) is 6.45. The van der Waals surface area contributed by atoms with E-state index in [9.17, 15) is 9.59 Å². The van der Waals surface area contributed by atoms with Gasteiger partial charge in [0, 0.05) is 28.0 Å². The van der Waals surface area contributed by atoms with E-state index >= 15 is 0 Å². The van der Waals surface area contributed by atoms with Crippen molar-refractivity contribution >= 4 is 27.9 Å². The minimum atomic E-state index is -0.587. The Morgan fingerprint density at radius 2 is 1.44 bits per heavy atom. The lowest BCUT2D eigenvalue weighted by molar-refractivity contribution is 0.0732. The first-order valence-electron chi connectivity index (χ1n) is 12.1. The monoisotopic (exact) mass is 518 g/mol. The van der Waals surface area contributed by atoms with Gasteiger partial charge in [0.15, 0.2) is 11.3 Å². The van der Waals surface area contributed by atoms with E-state index in [1.165, 1.54) is 13.2 Å². The number of carbonyl (C=O) groups is 1. The zero-order chi connectivity index (χ0) is 26.9. The fourth-order valence-corrected chi connectivity index (χ4v) is 4.62. The van der Waals surface area contributed by atoms with Crippen molar-refractivity contribution in [1.29, 1.82) is 0 Å². The average Bonchev–Trinajstić information content (AvgIpc) is 3.41. The lowest BCUT2D eigenvalue weighted by Gasteiger charge is -2.14. The molecule has 7 heteroatoms. The van der Waals surface area contributed by atoms with Gasteiger partial charge in [0.25, 0.3) is 0 Å². The number of para-hydroxylation sites is 2.